The highest BCUT2D eigenvalue weighted by Gasteiger charge is 2.57. The Morgan fingerprint density at radius 2 is 1.95 bits per heavy atom. The molecule has 1 amide bonds. The Morgan fingerprint density at radius 3 is 2.47 bits per heavy atom. The van der Waals surface area contributed by atoms with Gasteiger partial charge in [-0.25, -0.2) is 0 Å². The number of amides is 1. The standard InChI is InChI=1S/C13H25N3O.2ClH/c1-10(16(2)3)9-15-12(17)11-8-13(11)4-6-14-7-5-13;;/h10-11,14H,4-9H2,1-3H3,(H,15,17);2*1H. The average molecular weight is 312 g/mol. The van der Waals surface area contributed by atoms with Gasteiger partial charge in [-0.05, 0) is 58.8 Å². The van der Waals surface area contributed by atoms with Crippen molar-refractivity contribution in [1.29, 1.82) is 0 Å². The number of carbonyl (C=O) groups excluding carboxylic acids is 1. The lowest BCUT2D eigenvalue weighted by Gasteiger charge is -2.24. The molecule has 2 aliphatic rings. The van der Waals surface area contributed by atoms with E-state index in [9.17, 15) is 4.79 Å². The summed E-state index contributed by atoms with van der Waals surface area (Å²) in [5.74, 6) is 0.569. The zero-order chi connectivity index (χ0) is 12.5. The second-order valence-corrected chi connectivity index (χ2v) is 5.93. The number of nitrogens with one attached hydrogen (secondary N) is 2. The van der Waals surface area contributed by atoms with Gasteiger partial charge in [-0.2, -0.15) is 0 Å². The first-order chi connectivity index (χ1) is 8.05. The number of likely N-dealkylation sites (N-methyl/N-ethyl adjacent to an activating group) is 1. The summed E-state index contributed by atoms with van der Waals surface area (Å²) in [6.07, 6.45) is 3.46. The quantitative estimate of drug-likeness (QED) is 0.822. The lowest BCUT2D eigenvalue weighted by molar-refractivity contribution is -0.123. The zero-order valence-corrected chi connectivity index (χ0v) is 13.7. The summed E-state index contributed by atoms with van der Waals surface area (Å²) in [7, 11) is 4.09. The summed E-state index contributed by atoms with van der Waals surface area (Å²) >= 11 is 0. The van der Waals surface area contributed by atoms with Gasteiger partial charge in [0.25, 0.3) is 0 Å². The molecule has 2 rings (SSSR count). The number of piperidine rings is 1. The molecule has 2 atom stereocenters. The van der Waals surface area contributed by atoms with Crippen LogP contribution in [0.1, 0.15) is 26.2 Å². The molecule has 6 heteroatoms. The van der Waals surface area contributed by atoms with Crippen LogP contribution in [0.5, 0.6) is 0 Å². The minimum absolute atomic E-state index is 0. The van der Waals surface area contributed by atoms with Gasteiger partial charge in [0, 0.05) is 18.5 Å². The van der Waals surface area contributed by atoms with E-state index in [0.717, 1.165) is 26.1 Å². The van der Waals surface area contributed by atoms with Gasteiger partial charge in [-0.3, -0.25) is 4.79 Å². The highest BCUT2D eigenvalue weighted by molar-refractivity contribution is 5.85. The Labute approximate surface area is 128 Å². The predicted molar refractivity (Wildman–Crippen MR) is 83.3 cm³/mol. The summed E-state index contributed by atoms with van der Waals surface area (Å²) in [6.45, 7) is 5.06. The summed E-state index contributed by atoms with van der Waals surface area (Å²) in [6, 6.07) is 0.404. The molecule has 2 N–H and O–H groups in total. The van der Waals surface area contributed by atoms with Crippen LogP contribution in [0.4, 0.5) is 0 Å². The van der Waals surface area contributed by atoms with Crippen molar-refractivity contribution in [2.24, 2.45) is 11.3 Å². The fourth-order valence-electron chi connectivity index (χ4n) is 2.75. The molecule has 0 aromatic rings. The van der Waals surface area contributed by atoms with Crippen LogP contribution in [0, 0.1) is 11.3 Å². The van der Waals surface area contributed by atoms with Gasteiger partial charge < -0.3 is 15.5 Å². The molecule has 19 heavy (non-hydrogen) atoms. The molecule has 114 valence electrons. The number of hydrogen-bond donors (Lipinski definition) is 2. The van der Waals surface area contributed by atoms with Gasteiger partial charge in [0.15, 0.2) is 0 Å². The van der Waals surface area contributed by atoms with Crippen molar-refractivity contribution < 1.29 is 4.79 Å². The predicted octanol–water partition coefficient (Wildman–Crippen LogP) is 1.29. The van der Waals surface area contributed by atoms with Crippen LogP contribution in [0.15, 0.2) is 0 Å². The Hall–Kier alpha value is -0.0300. The number of hydrogen-bond acceptors (Lipinski definition) is 3. The molecule has 4 nitrogen and oxygen atoms in total. The van der Waals surface area contributed by atoms with E-state index in [2.05, 4.69) is 22.5 Å². The van der Waals surface area contributed by atoms with Gasteiger partial charge in [0.05, 0.1) is 0 Å². The van der Waals surface area contributed by atoms with Gasteiger partial charge in [-0.15, -0.1) is 24.8 Å². The van der Waals surface area contributed by atoms with Crippen molar-refractivity contribution in [2.45, 2.75) is 32.2 Å². The Bertz CT molecular complexity index is 294. The van der Waals surface area contributed by atoms with Crippen LogP contribution in [0.3, 0.4) is 0 Å². The molecule has 1 heterocycles. The number of rotatable bonds is 4. The lowest BCUT2D eigenvalue weighted by atomic mass is 9.92. The van der Waals surface area contributed by atoms with Crippen LogP contribution in [0.25, 0.3) is 0 Å². The lowest BCUT2D eigenvalue weighted by Crippen LogP contribution is -2.40. The molecule has 1 saturated carbocycles. The average Bonchev–Trinajstić information content (AvgIpc) is 3.00. The maximum atomic E-state index is 12.1. The SMILES string of the molecule is CC(CNC(=O)C1CC12CCNCC2)N(C)C.Cl.Cl. The Balaban J connectivity index is 0.00000162. The van der Waals surface area contributed by atoms with Crippen molar-refractivity contribution in [3.8, 4) is 0 Å². The highest BCUT2D eigenvalue weighted by atomic mass is 35.5. The first kappa shape index (κ1) is 19.0. The molecule has 0 bridgehead atoms. The van der Waals surface area contributed by atoms with Gasteiger partial charge in [-0.1, -0.05) is 0 Å². The number of carbonyl (C=O) groups is 1. The topological polar surface area (TPSA) is 44.4 Å². The molecule has 0 radical (unpaired) electrons. The molecule has 0 aromatic heterocycles. The van der Waals surface area contributed by atoms with E-state index < -0.39 is 0 Å². The summed E-state index contributed by atoms with van der Waals surface area (Å²) < 4.78 is 0. The molecule has 1 spiro atoms. The molecule has 1 saturated heterocycles. The van der Waals surface area contributed by atoms with E-state index in [1.165, 1.54) is 12.8 Å². The smallest absolute Gasteiger partial charge is 0.223 e. The minimum atomic E-state index is 0. The van der Waals surface area contributed by atoms with Crippen LogP contribution in [-0.4, -0.2) is 50.6 Å². The Morgan fingerprint density at radius 1 is 1.37 bits per heavy atom. The molecular weight excluding hydrogens is 285 g/mol. The third-order valence-corrected chi connectivity index (χ3v) is 4.56. The second kappa shape index (κ2) is 7.67. The monoisotopic (exact) mass is 311 g/mol. The fourth-order valence-corrected chi connectivity index (χ4v) is 2.75. The van der Waals surface area contributed by atoms with Crippen molar-refractivity contribution in [3.63, 3.8) is 0 Å². The first-order valence-corrected chi connectivity index (χ1v) is 6.70. The van der Waals surface area contributed by atoms with Crippen LogP contribution in [-0.2, 0) is 4.79 Å². The van der Waals surface area contributed by atoms with E-state index >= 15 is 0 Å². The minimum Gasteiger partial charge on any atom is -0.354 e. The maximum absolute atomic E-state index is 12.1. The van der Waals surface area contributed by atoms with Crippen LogP contribution >= 0.6 is 24.8 Å². The fraction of sp³-hybridized carbons (Fsp3) is 0.923. The number of nitrogens with zero attached hydrogens (tertiary/aromatic N) is 1. The maximum Gasteiger partial charge on any atom is 0.223 e. The van der Waals surface area contributed by atoms with Crippen molar-refractivity contribution >= 4 is 30.7 Å². The van der Waals surface area contributed by atoms with E-state index in [1.807, 2.05) is 14.1 Å². The summed E-state index contributed by atoms with van der Waals surface area (Å²) in [4.78, 5) is 14.2. The van der Waals surface area contributed by atoms with Gasteiger partial charge in [0.1, 0.15) is 0 Å². The van der Waals surface area contributed by atoms with Crippen molar-refractivity contribution in [3.05, 3.63) is 0 Å². The van der Waals surface area contributed by atoms with E-state index in [0.29, 0.717) is 17.4 Å². The molecule has 0 aromatic carbocycles. The second-order valence-electron chi connectivity index (χ2n) is 5.93. The van der Waals surface area contributed by atoms with E-state index in [4.69, 9.17) is 0 Å². The third-order valence-electron chi connectivity index (χ3n) is 4.56. The molecule has 1 aliphatic heterocycles. The van der Waals surface area contributed by atoms with Crippen LogP contribution < -0.4 is 10.6 Å². The third kappa shape index (κ3) is 4.48. The van der Waals surface area contributed by atoms with E-state index in [-0.39, 0.29) is 30.7 Å². The highest BCUT2D eigenvalue weighted by Crippen LogP contribution is 2.58. The Kier molecular flexibility index (Phi) is 7.66. The van der Waals surface area contributed by atoms with Gasteiger partial charge in [0.2, 0.25) is 5.91 Å². The first-order valence-electron chi connectivity index (χ1n) is 6.70. The normalized spacial score (nSPS) is 25.2. The molecular formula is C13H27Cl2N3O. The summed E-state index contributed by atoms with van der Waals surface area (Å²) in [5.41, 5.74) is 0.358. The largest absolute Gasteiger partial charge is 0.354 e. The molecule has 1 aliphatic carbocycles. The van der Waals surface area contributed by atoms with E-state index in [1.54, 1.807) is 0 Å². The van der Waals surface area contributed by atoms with Crippen molar-refractivity contribution in [2.75, 3.05) is 33.7 Å². The van der Waals surface area contributed by atoms with Gasteiger partial charge >= 0.3 is 0 Å². The van der Waals surface area contributed by atoms with Crippen molar-refractivity contribution in [1.82, 2.24) is 15.5 Å². The zero-order valence-electron chi connectivity index (χ0n) is 12.1. The van der Waals surface area contributed by atoms with Crippen LogP contribution in [0.2, 0.25) is 0 Å². The summed E-state index contributed by atoms with van der Waals surface area (Å²) in [5, 5.41) is 6.46. The number of halogens is 2. The molecule has 2 unspecified atom stereocenters. The molecule has 2 fully saturated rings.